The molecule has 1 aromatic rings. The summed E-state index contributed by atoms with van der Waals surface area (Å²) in [7, 11) is 0. The maximum atomic E-state index is 13.5. The summed E-state index contributed by atoms with van der Waals surface area (Å²) in [6, 6.07) is 2.53. The first kappa shape index (κ1) is 11.0. The lowest BCUT2D eigenvalue weighted by Crippen LogP contribution is -2.52. The first-order valence-corrected chi connectivity index (χ1v) is 5.06. The van der Waals surface area contributed by atoms with Crippen LogP contribution in [0, 0.1) is 11.6 Å². The SMILES string of the molecule is CC1CNC(=O)C(c2ccc(F)cc2F)N1. The highest BCUT2D eigenvalue weighted by molar-refractivity contribution is 5.84. The van der Waals surface area contributed by atoms with Crippen molar-refractivity contribution in [3.63, 3.8) is 0 Å². The molecule has 2 rings (SSSR count). The first-order valence-electron chi connectivity index (χ1n) is 5.06. The molecule has 1 fully saturated rings. The summed E-state index contributed by atoms with van der Waals surface area (Å²) in [6.07, 6.45) is 0. The number of hydrogen-bond donors (Lipinski definition) is 2. The number of rotatable bonds is 1. The second-order valence-corrected chi connectivity index (χ2v) is 3.91. The van der Waals surface area contributed by atoms with E-state index in [1.165, 1.54) is 6.07 Å². The van der Waals surface area contributed by atoms with E-state index in [0.29, 0.717) is 6.54 Å². The molecule has 1 heterocycles. The Bertz CT molecular complexity index is 422. The zero-order valence-corrected chi connectivity index (χ0v) is 8.76. The van der Waals surface area contributed by atoms with E-state index in [4.69, 9.17) is 0 Å². The molecule has 1 aliphatic heterocycles. The normalized spacial score (nSPS) is 25.3. The predicted octanol–water partition coefficient (Wildman–Crippen LogP) is 1.11. The molecule has 0 bridgehead atoms. The van der Waals surface area contributed by atoms with Crippen LogP contribution in [-0.2, 0) is 4.79 Å². The van der Waals surface area contributed by atoms with Crippen LogP contribution in [0.2, 0.25) is 0 Å². The first-order chi connectivity index (χ1) is 7.58. The van der Waals surface area contributed by atoms with Gasteiger partial charge >= 0.3 is 0 Å². The molecular formula is C11H12F2N2O. The molecule has 1 amide bonds. The fraction of sp³-hybridized carbons (Fsp3) is 0.364. The molecule has 1 saturated heterocycles. The van der Waals surface area contributed by atoms with E-state index < -0.39 is 17.7 Å². The van der Waals surface area contributed by atoms with Crippen molar-refractivity contribution in [3.05, 3.63) is 35.4 Å². The Labute approximate surface area is 91.8 Å². The molecule has 0 aliphatic carbocycles. The van der Waals surface area contributed by atoms with Gasteiger partial charge in [-0.05, 0) is 13.0 Å². The molecule has 3 nitrogen and oxygen atoms in total. The Balaban J connectivity index is 2.31. The number of hydrogen-bond acceptors (Lipinski definition) is 2. The van der Waals surface area contributed by atoms with E-state index >= 15 is 0 Å². The third-order valence-electron chi connectivity index (χ3n) is 2.57. The second kappa shape index (κ2) is 4.17. The van der Waals surface area contributed by atoms with Gasteiger partial charge in [-0.2, -0.15) is 0 Å². The highest BCUT2D eigenvalue weighted by Gasteiger charge is 2.28. The number of benzene rings is 1. The summed E-state index contributed by atoms with van der Waals surface area (Å²) in [6.45, 7) is 2.39. The fourth-order valence-electron chi connectivity index (χ4n) is 1.74. The summed E-state index contributed by atoms with van der Waals surface area (Å²) in [4.78, 5) is 11.5. The van der Waals surface area contributed by atoms with Gasteiger partial charge in [0.25, 0.3) is 0 Å². The number of carbonyl (C=O) groups is 1. The molecule has 0 spiro atoms. The lowest BCUT2D eigenvalue weighted by molar-refractivity contribution is -0.125. The van der Waals surface area contributed by atoms with Crippen LogP contribution < -0.4 is 10.6 Å². The molecule has 0 aromatic heterocycles. The van der Waals surface area contributed by atoms with Crippen molar-refractivity contribution in [1.82, 2.24) is 10.6 Å². The van der Waals surface area contributed by atoms with Crippen LogP contribution in [0.15, 0.2) is 18.2 Å². The lowest BCUT2D eigenvalue weighted by Gasteiger charge is -2.29. The summed E-state index contributed by atoms with van der Waals surface area (Å²) in [5.74, 6) is -1.64. The van der Waals surface area contributed by atoms with Crippen molar-refractivity contribution in [2.75, 3.05) is 6.54 Å². The quantitative estimate of drug-likeness (QED) is 0.753. The molecule has 2 N–H and O–H groups in total. The molecule has 0 radical (unpaired) electrons. The molecule has 2 unspecified atom stereocenters. The average molecular weight is 226 g/mol. The topological polar surface area (TPSA) is 41.1 Å². The average Bonchev–Trinajstić information content (AvgIpc) is 2.22. The van der Waals surface area contributed by atoms with E-state index in [9.17, 15) is 13.6 Å². The van der Waals surface area contributed by atoms with Crippen LogP contribution in [0.5, 0.6) is 0 Å². The Kier molecular flexibility index (Phi) is 2.87. The van der Waals surface area contributed by atoms with Crippen LogP contribution in [0.3, 0.4) is 0 Å². The Hall–Kier alpha value is -1.49. The fourth-order valence-corrected chi connectivity index (χ4v) is 1.74. The van der Waals surface area contributed by atoms with Gasteiger partial charge < -0.3 is 5.32 Å². The van der Waals surface area contributed by atoms with E-state index in [1.807, 2.05) is 6.92 Å². The van der Waals surface area contributed by atoms with E-state index in [-0.39, 0.29) is 17.5 Å². The van der Waals surface area contributed by atoms with Gasteiger partial charge in [0.15, 0.2) is 0 Å². The standard InChI is InChI=1S/C11H12F2N2O/c1-6-5-14-11(16)10(15-6)8-3-2-7(12)4-9(8)13/h2-4,6,10,15H,5H2,1H3,(H,14,16). The molecule has 2 atom stereocenters. The molecule has 0 saturated carbocycles. The summed E-state index contributed by atoms with van der Waals surface area (Å²) >= 11 is 0. The highest BCUT2D eigenvalue weighted by Crippen LogP contribution is 2.20. The van der Waals surface area contributed by atoms with Crippen LogP contribution in [0.4, 0.5) is 8.78 Å². The largest absolute Gasteiger partial charge is 0.353 e. The number of carbonyl (C=O) groups excluding carboxylic acids is 1. The van der Waals surface area contributed by atoms with Crippen molar-refractivity contribution in [3.8, 4) is 0 Å². The third kappa shape index (κ3) is 2.04. The van der Waals surface area contributed by atoms with Gasteiger partial charge in [0, 0.05) is 24.2 Å². The number of piperazine rings is 1. The molecule has 86 valence electrons. The Morgan fingerprint density at radius 1 is 1.38 bits per heavy atom. The minimum absolute atomic E-state index is 0.0622. The van der Waals surface area contributed by atoms with Crippen molar-refractivity contribution >= 4 is 5.91 Å². The maximum Gasteiger partial charge on any atom is 0.241 e. The van der Waals surface area contributed by atoms with Crippen molar-refractivity contribution in [1.29, 1.82) is 0 Å². The van der Waals surface area contributed by atoms with Gasteiger partial charge in [-0.3, -0.25) is 10.1 Å². The van der Waals surface area contributed by atoms with Gasteiger partial charge in [0.05, 0.1) is 0 Å². The minimum Gasteiger partial charge on any atom is -0.353 e. The van der Waals surface area contributed by atoms with Crippen LogP contribution in [-0.4, -0.2) is 18.5 Å². The number of nitrogens with one attached hydrogen (secondary N) is 2. The van der Waals surface area contributed by atoms with Crippen LogP contribution >= 0.6 is 0 Å². The Morgan fingerprint density at radius 2 is 2.12 bits per heavy atom. The third-order valence-corrected chi connectivity index (χ3v) is 2.57. The zero-order chi connectivity index (χ0) is 11.7. The van der Waals surface area contributed by atoms with Gasteiger partial charge in [-0.15, -0.1) is 0 Å². The van der Waals surface area contributed by atoms with E-state index in [0.717, 1.165) is 12.1 Å². The molecule has 16 heavy (non-hydrogen) atoms. The smallest absolute Gasteiger partial charge is 0.241 e. The van der Waals surface area contributed by atoms with Crippen molar-refractivity contribution in [2.24, 2.45) is 0 Å². The number of halogens is 2. The lowest BCUT2D eigenvalue weighted by atomic mass is 10.0. The monoisotopic (exact) mass is 226 g/mol. The van der Waals surface area contributed by atoms with E-state index in [2.05, 4.69) is 10.6 Å². The van der Waals surface area contributed by atoms with Crippen molar-refractivity contribution in [2.45, 2.75) is 19.0 Å². The summed E-state index contributed by atoms with van der Waals surface area (Å²) in [5, 5.41) is 5.63. The van der Waals surface area contributed by atoms with Gasteiger partial charge in [-0.25, -0.2) is 8.78 Å². The maximum absolute atomic E-state index is 13.5. The second-order valence-electron chi connectivity index (χ2n) is 3.91. The van der Waals surface area contributed by atoms with Gasteiger partial charge in [-0.1, -0.05) is 6.07 Å². The van der Waals surface area contributed by atoms with E-state index in [1.54, 1.807) is 0 Å². The van der Waals surface area contributed by atoms with Crippen molar-refractivity contribution < 1.29 is 13.6 Å². The molecule has 1 aliphatic rings. The molecular weight excluding hydrogens is 214 g/mol. The molecule has 1 aromatic carbocycles. The Morgan fingerprint density at radius 3 is 2.81 bits per heavy atom. The van der Waals surface area contributed by atoms with Gasteiger partial charge in [0.1, 0.15) is 17.7 Å². The predicted molar refractivity (Wildman–Crippen MR) is 54.7 cm³/mol. The number of amides is 1. The zero-order valence-electron chi connectivity index (χ0n) is 8.76. The van der Waals surface area contributed by atoms with Gasteiger partial charge in [0.2, 0.25) is 5.91 Å². The summed E-state index contributed by atoms with van der Waals surface area (Å²) < 4.78 is 26.2. The molecule has 5 heteroatoms. The van der Waals surface area contributed by atoms with Crippen LogP contribution in [0.1, 0.15) is 18.5 Å². The highest BCUT2D eigenvalue weighted by atomic mass is 19.1. The minimum atomic E-state index is -0.746. The summed E-state index contributed by atoms with van der Waals surface area (Å²) in [5.41, 5.74) is 0.172. The van der Waals surface area contributed by atoms with Crippen LogP contribution in [0.25, 0.3) is 0 Å².